The lowest BCUT2D eigenvalue weighted by Crippen LogP contribution is -2.41. The normalized spacial score (nSPS) is 19.2. The Labute approximate surface area is 181 Å². The molecule has 0 saturated carbocycles. The summed E-state index contributed by atoms with van der Waals surface area (Å²) in [5, 5.41) is 2.54. The molecule has 3 aromatic carbocycles. The number of benzene rings is 3. The molecular formula is C27H31BO2. The Morgan fingerprint density at radius 1 is 0.833 bits per heavy atom. The zero-order valence-electron chi connectivity index (χ0n) is 18.7. The van der Waals surface area contributed by atoms with E-state index in [1.54, 1.807) is 0 Å². The highest BCUT2D eigenvalue weighted by Gasteiger charge is 2.51. The maximum Gasteiger partial charge on any atom is 0.458 e. The molecule has 30 heavy (non-hydrogen) atoms. The molecule has 1 fully saturated rings. The fourth-order valence-corrected chi connectivity index (χ4v) is 4.10. The quantitative estimate of drug-likeness (QED) is 0.426. The van der Waals surface area contributed by atoms with Crippen LogP contribution in [-0.4, -0.2) is 18.3 Å². The van der Waals surface area contributed by atoms with Gasteiger partial charge in [-0.25, -0.2) is 0 Å². The topological polar surface area (TPSA) is 18.5 Å². The lowest BCUT2D eigenvalue weighted by Gasteiger charge is -2.32. The minimum Gasteiger partial charge on any atom is -0.403 e. The van der Waals surface area contributed by atoms with Gasteiger partial charge in [-0.2, -0.15) is 0 Å². The average Bonchev–Trinajstić information content (AvgIpc) is 2.93. The maximum absolute atomic E-state index is 6.31. The SMILES string of the molecule is C/C(=C\C(CB1OC(C)(C)C(C)(C)O1)c1ccccc1)c1ccc2ccccc2c1. The second-order valence-electron chi connectivity index (χ2n) is 9.35. The predicted molar refractivity (Wildman–Crippen MR) is 128 cm³/mol. The van der Waals surface area contributed by atoms with Crippen LogP contribution >= 0.6 is 0 Å². The molecule has 154 valence electrons. The second kappa shape index (κ2) is 8.05. The Balaban J connectivity index is 1.64. The summed E-state index contributed by atoms with van der Waals surface area (Å²) in [4.78, 5) is 0. The van der Waals surface area contributed by atoms with Gasteiger partial charge < -0.3 is 9.31 Å². The van der Waals surface area contributed by atoms with E-state index in [9.17, 15) is 0 Å². The van der Waals surface area contributed by atoms with Gasteiger partial charge in [0.2, 0.25) is 0 Å². The van der Waals surface area contributed by atoms with Gasteiger partial charge in [-0.15, -0.1) is 0 Å². The van der Waals surface area contributed by atoms with Crippen molar-refractivity contribution in [2.75, 3.05) is 0 Å². The summed E-state index contributed by atoms with van der Waals surface area (Å²) in [6, 6.07) is 25.9. The van der Waals surface area contributed by atoms with Crippen molar-refractivity contribution < 1.29 is 9.31 Å². The predicted octanol–water partition coefficient (Wildman–Crippen LogP) is 7.12. The summed E-state index contributed by atoms with van der Waals surface area (Å²) < 4.78 is 12.6. The first kappa shape index (κ1) is 20.9. The number of hydrogen-bond donors (Lipinski definition) is 0. The summed E-state index contributed by atoms with van der Waals surface area (Å²) in [6.45, 7) is 10.6. The zero-order valence-corrected chi connectivity index (χ0v) is 18.7. The smallest absolute Gasteiger partial charge is 0.403 e. The highest BCUT2D eigenvalue weighted by molar-refractivity contribution is 6.45. The zero-order chi connectivity index (χ0) is 21.4. The van der Waals surface area contributed by atoms with Crippen molar-refractivity contribution in [3.05, 3.63) is 90.0 Å². The van der Waals surface area contributed by atoms with Gasteiger partial charge in [0.15, 0.2) is 0 Å². The van der Waals surface area contributed by atoms with Crippen LogP contribution in [0, 0.1) is 0 Å². The molecule has 3 aromatic rings. The van der Waals surface area contributed by atoms with Crippen LogP contribution < -0.4 is 0 Å². The van der Waals surface area contributed by atoms with E-state index in [-0.39, 0.29) is 24.2 Å². The Bertz CT molecular complexity index is 1040. The van der Waals surface area contributed by atoms with E-state index in [1.807, 2.05) is 0 Å². The van der Waals surface area contributed by atoms with E-state index in [4.69, 9.17) is 9.31 Å². The summed E-state index contributed by atoms with van der Waals surface area (Å²) in [5.41, 5.74) is 3.19. The number of allylic oxidation sites excluding steroid dienone is 2. The minimum atomic E-state index is -0.310. The Morgan fingerprint density at radius 3 is 2.10 bits per heavy atom. The summed E-state index contributed by atoms with van der Waals surface area (Å²) in [6.07, 6.45) is 3.16. The van der Waals surface area contributed by atoms with Crippen molar-refractivity contribution in [1.29, 1.82) is 0 Å². The van der Waals surface area contributed by atoms with Gasteiger partial charge in [-0.05, 0) is 74.5 Å². The van der Waals surface area contributed by atoms with E-state index in [2.05, 4.69) is 113 Å². The highest BCUT2D eigenvalue weighted by Crippen LogP contribution is 2.40. The Morgan fingerprint density at radius 2 is 1.43 bits per heavy atom. The first-order valence-corrected chi connectivity index (χ1v) is 10.8. The molecule has 0 amide bonds. The molecule has 0 radical (unpaired) electrons. The number of rotatable bonds is 5. The molecular weight excluding hydrogens is 367 g/mol. The van der Waals surface area contributed by atoms with Crippen molar-refractivity contribution in [1.82, 2.24) is 0 Å². The molecule has 2 nitrogen and oxygen atoms in total. The molecule has 0 spiro atoms. The van der Waals surface area contributed by atoms with Crippen molar-refractivity contribution in [2.24, 2.45) is 0 Å². The molecule has 0 aromatic heterocycles. The fraction of sp³-hybridized carbons (Fsp3) is 0.333. The van der Waals surface area contributed by atoms with Crippen LogP contribution in [0.25, 0.3) is 16.3 Å². The van der Waals surface area contributed by atoms with Crippen LogP contribution in [0.3, 0.4) is 0 Å². The third kappa shape index (κ3) is 4.24. The van der Waals surface area contributed by atoms with Crippen LogP contribution in [0.2, 0.25) is 6.32 Å². The van der Waals surface area contributed by atoms with Crippen LogP contribution in [0.4, 0.5) is 0 Å². The van der Waals surface area contributed by atoms with E-state index in [1.165, 1.54) is 27.5 Å². The molecule has 0 aliphatic carbocycles. The van der Waals surface area contributed by atoms with Crippen molar-refractivity contribution >= 4 is 23.5 Å². The standard InChI is InChI=1S/C27H31BO2/c1-20(23-16-15-22-13-9-10-14-24(22)18-23)17-25(21-11-7-6-8-12-21)19-28-29-26(2,3)27(4,5)30-28/h6-18,25H,19H2,1-5H3/b20-17+. The maximum atomic E-state index is 6.31. The Kier molecular flexibility index (Phi) is 5.61. The summed E-state index contributed by atoms with van der Waals surface area (Å²) in [7, 11) is -0.221. The van der Waals surface area contributed by atoms with Crippen molar-refractivity contribution in [3.8, 4) is 0 Å². The third-order valence-corrected chi connectivity index (χ3v) is 6.63. The fourth-order valence-electron chi connectivity index (χ4n) is 4.10. The van der Waals surface area contributed by atoms with E-state index in [0.29, 0.717) is 0 Å². The summed E-state index contributed by atoms with van der Waals surface area (Å²) >= 11 is 0. The van der Waals surface area contributed by atoms with E-state index >= 15 is 0 Å². The second-order valence-corrected chi connectivity index (χ2v) is 9.35. The lowest BCUT2D eigenvalue weighted by molar-refractivity contribution is 0.00578. The molecule has 0 bridgehead atoms. The third-order valence-electron chi connectivity index (χ3n) is 6.63. The minimum absolute atomic E-state index is 0.215. The molecule has 1 atom stereocenters. The largest absolute Gasteiger partial charge is 0.458 e. The molecule has 3 heteroatoms. The van der Waals surface area contributed by atoms with E-state index in [0.717, 1.165) is 6.32 Å². The molecule has 4 rings (SSSR count). The van der Waals surface area contributed by atoms with Crippen LogP contribution in [0.15, 0.2) is 78.9 Å². The Hall–Kier alpha value is -2.36. The first-order chi connectivity index (χ1) is 14.2. The van der Waals surface area contributed by atoms with Gasteiger partial charge >= 0.3 is 7.12 Å². The summed E-state index contributed by atoms with van der Waals surface area (Å²) in [5.74, 6) is 0.215. The molecule has 1 aliphatic rings. The van der Waals surface area contributed by atoms with E-state index < -0.39 is 0 Å². The van der Waals surface area contributed by atoms with Gasteiger partial charge in [0.05, 0.1) is 11.2 Å². The van der Waals surface area contributed by atoms with Gasteiger partial charge in [-0.1, -0.05) is 72.8 Å². The first-order valence-electron chi connectivity index (χ1n) is 10.8. The molecule has 1 aliphatic heterocycles. The van der Waals surface area contributed by atoms with Crippen LogP contribution in [-0.2, 0) is 9.31 Å². The van der Waals surface area contributed by atoms with Gasteiger partial charge in [0.25, 0.3) is 0 Å². The molecule has 1 saturated heterocycles. The molecule has 1 heterocycles. The molecule has 0 N–H and O–H groups in total. The van der Waals surface area contributed by atoms with Crippen LogP contribution in [0.5, 0.6) is 0 Å². The van der Waals surface area contributed by atoms with Crippen molar-refractivity contribution in [3.63, 3.8) is 0 Å². The van der Waals surface area contributed by atoms with Gasteiger partial charge in [0, 0.05) is 5.92 Å². The van der Waals surface area contributed by atoms with Crippen LogP contribution in [0.1, 0.15) is 51.7 Å². The number of hydrogen-bond acceptors (Lipinski definition) is 2. The number of fused-ring (bicyclic) bond motifs is 1. The van der Waals surface area contributed by atoms with Gasteiger partial charge in [-0.3, -0.25) is 0 Å². The van der Waals surface area contributed by atoms with Gasteiger partial charge in [0.1, 0.15) is 0 Å². The average molecular weight is 398 g/mol. The highest BCUT2D eigenvalue weighted by atomic mass is 16.7. The molecule has 1 unspecified atom stereocenters. The lowest BCUT2D eigenvalue weighted by atomic mass is 9.74. The van der Waals surface area contributed by atoms with Crippen molar-refractivity contribution in [2.45, 2.75) is 58.1 Å². The monoisotopic (exact) mass is 398 g/mol.